The van der Waals surface area contributed by atoms with Gasteiger partial charge in [-0.1, -0.05) is 30.3 Å². The molecule has 3 rings (SSSR count). The van der Waals surface area contributed by atoms with Gasteiger partial charge in [0.05, 0.1) is 17.6 Å². The van der Waals surface area contributed by atoms with Crippen molar-refractivity contribution in [3.8, 4) is 11.5 Å². The number of alkyl halides is 2. The zero-order valence-corrected chi connectivity index (χ0v) is 16.9. The van der Waals surface area contributed by atoms with Crippen molar-refractivity contribution in [2.45, 2.75) is 13.0 Å². The van der Waals surface area contributed by atoms with Crippen LogP contribution in [0.1, 0.15) is 31.2 Å². The van der Waals surface area contributed by atoms with E-state index in [1.165, 1.54) is 30.6 Å². The molecule has 1 aromatic heterocycles. The van der Waals surface area contributed by atoms with E-state index in [0.29, 0.717) is 22.4 Å². The van der Waals surface area contributed by atoms with Gasteiger partial charge < -0.3 is 14.8 Å². The highest BCUT2D eigenvalue weighted by atomic mass is 32.1. The lowest BCUT2D eigenvalue weighted by atomic mass is 10.0. The quantitative estimate of drug-likeness (QED) is 0.505. The van der Waals surface area contributed by atoms with Gasteiger partial charge in [-0.15, -0.1) is 11.3 Å². The summed E-state index contributed by atoms with van der Waals surface area (Å²) in [5.41, 5.74) is 1.30. The molecule has 3 aromatic rings. The Morgan fingerprint density at radius 2 is 1.80 bits per heavy atom. The molecule has 8 heteroatoms. The first-order valence-electron chi connectivity index (χ1n) is 9.06. The maximum Gasteiger partial charge on any atom is 0.387 e. The van der Waals surface area contributed by atoms with Crippen molar-refractivity contribution in [2.75, 3.05) is 13.7 Å². The topological polar surface area (TPSA) is 64.6 Å². The van der Waals surface area contributed by atoms with Gasteiger partial charge in [0.25, 0.3) is 5.91 Å². The van der Waals surface area contributed by atoms with Gasteiger partial charge in [0.2, 0.25) is 5.78 Å². The molecule has 0 bridgehead atoms. The molecule has 1 amide bonds. The summed E-state index contributed by atoms with van der Waals surface area (Å²) in [6.07, 6.45) is 0.385. The highest BCUT2D eigenvalue weighted by molar-refractivity contribution is 7.12. The summed E-state index contributed by atoms with van der Waals surface area (Å²) in [7, 11) is 1.36. The number of carbonyl (C=O) groups excluding carboxylic acids is 2. The minimum Gasteiger partial charge on any atom is -0.493 e. The first-order valence-corrected chi connectivity index (χ1v) is 9.94. The third-order valence-electron chi connectivity index (χ3n) is 4.30. The summed E-state index contributed by atoms with van der Waals surface area (Å²) in [5.74, 6) is -0.458. The molecule has 0 saturated heterocycles. The van der Waals surface area contributed by atoms with Crippen LogP contribution in [0.15, 0.2) is 60.0 Å². The molecular formula is C22H19F2NO4S. The average molecular weight is 431 g/mol. The Morgan fingerprint density at radius 1 is 1.03 bits per heavy atom. The Kier molecular flexibility index (Phi) is 7.13. The molecule has 156 valence electrons. The number of hydrogen-bond acceptors (Lipinski definition) is 5. The van der Waals surface area contributed by atoms with Crippen LogP contribution in [0.4, 0.5) is 8.78 Å². The van der Waals surface area contributed by atoms with E-state index in [0.717, 1.165) is 0 Å². The minimum absolute atomic E-state index is 0.0665. The molecule has 0 spiro atoms. The van der Waals surface area contributed by atoms with Crippen LogP contribution in [-0.4, -0.2) is 32.0 Å². The van der Waals surface area contributed by atoms with E-state index < -0.39 is 6.61 Å². The molecule has 0 aliphatic rings. The number of amides is 1. The maximum absolute atomic E-state index is 12.7. The molecule has 30 heavy (non-hydrogen) atoms. The van der Waals surface area contributed by atoms with E-state index in [9.17, 15) is 18.4 Å². The summed E-state index contributed by atoms with van der Waals surface area (Å²) in [6, 6.07) is 14.8. The summed E-state index contributed by atoms with van der Waals surface area (Å²) >= 11 is 1.31. The van der Waals surface area contributed by atoms with Gasteiger partial charge in [-0.3, -0.25) is 9.59 Å². The summed E-state index contributed by atoms with van der Waals surface area (Å²) < 4.78 is 34.6. The average Bonchev–Trinajstić information content (AvgIpc) is 3.28. The molecule has 0 fully saturated rings. The van der Waals surface area contributed by atoms with E-state index in [1.807, 2.05) is 0 Å². The van der Waals surface area contributed by atoms with Crippen molar-refractivity contribution < 1.29 is 27.8 Å². The number of hydrogen-bond donors (Lipinski definition) is 1. The van der Waals surface area contributed by atoms with E-state index in [4.69, 9.17) is 4.74 Å². The van der Waals surface area contributed by atoms with E-state index in [-0.39, 0.29) is 35.3 Å². The first kappa shape index (κ1) is 21.4. The van der Waals surface area contributed by atoms with Gasteiger partial charge in [0, 0.05) is 12.1 Å². The Balaban J connectivity index is 1.66. The zero-order valence-electron chi connectivity index (χ0n) is 16.1. The predicted molar refractivity (Wildman–Crippen MR) is 110 cm³/mol. The van der Waals surface area contributed by atoms with Crippen molar-refractivity contribution >= 4 is 23.0 Å². The van der Waals surface area contributed by atoms with Crippen LogP contribution in [0.2, 0.25) is 0 Å². The summed E-state index contributed by atoms with van der Waals surface area (Å²) in [5, 5.41) is 4.57. The number of benzene rings is 2. The second kappa shape index (κ2) is 9.98. The molecule has 1 heterocycles. The van der Waals surface area contributed by atoms with Crippen LogP contribution in [0.25, 0.3) is 0 Å². The van der Waals surface area contributed by atoms with Gasteiger partial charge in [-0.25, -0.2) is 0 Å². The van der Waals surface area contributed by atoms with Crippen LogP contribution in [0.3, 0.4) is 0 Å². The fourth-order valence-electron chi connectivity index (χ4n) is 2.90. The maximum atomic E-state index is 12.7. The lowest BCUT2D eigenvalue weighted by molar-refractivity contribution is -0.0512. The van der Waals surface area contributed by atoms with Crippen molar-refractivity contribution in [1.82, 2.24) is 5.32 Å². The highest BCUT2D eigenvalue weighted by Crippen LogP contribution is 2.29. The monoisotopic (exact) mass is 431 g/mol. The lowest BCUT2D eigenvalue weighted by Crippen LogP contribution is -2.27. The highest BCUT2D eigenvalue weighted by Gasteiger charge is 2.18. The molecule has 5 nitrogen and oxygen atoms in total. The molecule has 0 atom stereocenters. The number of carbonyl (C=O) groups is 2. The lowest BCUT2D eigenvalue weighted by Gasteiger charge is -2.12. The Morgan fingerprint density at radius 3 is 2.47 bits per heavy atom. The fraction of sp³-hybridized carbons (Fsp3) is 0.182. The number of rotatable bonds is 9. The van der Waals surface area contributed by atoms with Gasteiger partial charge in [-0.05, 0) is 41.6 Å². The number of ether oxygens (including phenoxy) is 2. The molecule has 1 N–H and O–H groups in total. The molecule has 0 unspecified atom stereocenters. The van der Waals surface area contributed by atoms with Gasteiger partial charge in [-0.2, -0.15) is 8.78 Å². The summed E-state index contributed by atoms with van der Waals surface area (Å²) in [4.78, 5) is 25.9. The fourth-order valence-corrected chi connectivity index (χ4v) is 3.58. The van der Waals surface area contributed by atoms with Crippen LogP contribution < -0.4 is 14.8 Å². The number of halogens is 2. The Bertz CT molecular complexity index is 1020. The van der Waals surface area contributed by atoms with Crippen LogP contribution in [0.5, 0.6) is 11.5 Å². The molecule has 0 aliphatic carbocycles. The summed E-state index contributed by atoms with van der Waals surface area (Å²) in [6.45, 7) is -2.72. The van der Waals surface area contributed by atoms with Crippen LogP contribution in [-0.2, 0) is 6.42 Å². The van der Waals surface area contributed by atoms with Crippen molar-refractivity contribution in [3.05, 3.63) is 81.5 Å². The number of thiophene rings is 1. The SMILES string of the molecule is COc1ccc(CCNC(=O)c2ccccc2C(=O)c2cccs2)cc1OC(F)F. The van der Waals surface area contributed by atoms with E-state index >= 15 is 0 Å². The second-order valence-electron chi connectivity index (χ2n) is 6.22. The number of methoxy groups -OCH3 is 1. The van der Waals surface area contributed by atoms with E-state index in [1.54, 1.807) is 47.8 Å². The van der Waals surface area contributed by atoms with Gasteiger partial charge in [0.15, 0.2) is 11.5 Å². The van der Waals surface area contributed by atoms with Crippen molar-refractivity contribution in [2.24, 2.45) is 0 Å². The molecular weight excluding hydrogens is 412 g/mol. The van der Waals surface area contributed by atoms with Crippen LogP contribution in [0, 0.1) is 0 Å². The van der Waals surface area contributed by atoms with Crippen LogP contribution >= 0.6 is 11.3 Å². The second-order valence-corrected chi connectivity index (χ2v) is 7.17. The number of ketones is 1. The molecule has 0 radical (unpaired) electrons. The minimum atomic E-state index is -2.97. The van der Waals surface area contributed by atoms with Crippen molar-refractivity contribution in [1.29, 1.82) is 0 Å². The third-order valence-corrected chi connectivity index (χ3v) is 5.17. The molecule has 2 aromatic carbocycles. The number of nitrogens with one attached hydrogen (secondary N) is 1. The van der Waals surface area contributed by atoms with Crippen molar-refractivity contribution in [3.63, 3.8) is 0 Å². The predicted octanol–water partition coefficient (Wildman–Crippen LogP) is 4.56. The van der Waals surface area contributed by atoms with Gasteiger partial charge >= 0.3 is 6.61 Å². The Labute approximate surface area is 176 Å². The standard InChI is InChI=1S/C22H19F2NO4S/c1-28-17-9-8-14(13-18(17)29-22(23)24)10-11-25-21(27)16-6-3-2-5-15(16)20(26)19-7-4-12-30-19/h2-9,12-13,22H,10-11H2,1H3,(H,25,27). The normalized spacial score (nSPS) is 10.7. The molecule has 0 aliphatic heterocycles. The Hall–Kier alpha value is -3.26. The third kappa shape index (κ3) is 5.21. The molecule has 0 saturated carbocycles. The van der Waals surface area contributed by atoms with Gasteiger partial charge in [0.1, 0.15) is 0 Å². The zero-order chi connectivity index (χ0) is 21.5. The first-order chi connectivity index (χ1) is 14.5. The smallest absolute Gasteiger partial charge is 0.387 e. The largest absolute Gasteiger partial charge is 0.493 e. The van der Waals surface area contributed by atoms with E-state index in [2.05, 4.69) is 10.1 Å².